The van der Waals surface area contributed by atoms with E-state index < -0.39 is 10.0 Å². The van der Waals surface area contributed by atoms with Gasteiger partial charge in [0.15, 0.2) is 0 Å². The minimum atomic E-state index is -3.64. The molecule has 0 fully saturated rings. The Balaban J connectivity index is 2.05. The van der Waals surface area contributed by atoms with Crippen molar-refractivity contribution in [2.24, 2.45) is 16.5 Å². The van der Waals surface area contributed by atoms with Crippen LogP contribution in [-0.4, -0.2) is 13.4 Å². The molecule has 1 aliphatic rings. The number of hydrogen-bond acceptors (Lipinski definition) is 4. The third-order valence-corrected chi connectivity index (χ3v) is 6.82. The largest absolute Gasteiger partial charge is 0.247 e. The molecule has 2 aromatic heterocycles. The second-order valence-corrected chi connectivity index (χ2v) is 9.72. The second-order valence-electron chi connectivity index (χ2n) is 6.90. The van der Waals surface area contributed by atoms with Crippen LogP contribution in [0.2, 0.25) is 0 Å². The van der Waals surface area contributed by atoms with Crippen LogP contribution in [0.25, 0.3) is 10.2 Å². The average molecular weight is 324 g/mol. The molecule has 21 heavy (non-hydrogen) atoms. The van der Waals surface area contributed by atoms with E-state index in [-0.39, 0.29) is 9.62 Å². The molecule has 0 spiro atoms. The quantitative estimate of drug-likeness (QED) is 0.876. The minimum absolute atomic E-state index is 0.194. The molecule has 2 aromatic rings. The van der Waals surface area contributed by atoms with Gasteiger partial charge in [-0.3, -0.25) is 0 Å². The van der Waals surface area contributed by atoms with Crippen LogP contribution in [0.4, 0.5) is 0 Å². The number of aryl methyl sites for hydroxylation is 1. The number of rotatable bonds is 1. The van der Waals surface area contributed by atoms with Crippen molar-refractivity contribution in [1.29, 1.82) is 0 Å². The van der Waals surface area contributed by atoms with Gasteiger partial charge in [-0.05, 0) is 48.3 Å². The predicted molar refractivity (Wildman–Crippen MR) is 86.0 cm³/mol. The summed E-state index contributed by atoms with van der Waals surface area (Å²) >= 11 is 1.16. The third-order valence-electron chi connectivity index (χ3n) is 4.36. The fourth-order valence-corrected chi connectivity index (χ4v) is 4.74. The van der Waals surface area contributed by atoms with Crippen LogP contribution < -0.4 is 5.14 Å². The zero-order chi connectivity index (χ0) is 15.4. The molecule has 0 saturated carbocycles. The van der Waals surface area contributed by atoms with Crippen molar-refractivity contribution in [2.45, 2.75) is 44.2 Å². The van der Waals surface area contributed by atoms with Crippen LogP contribution in [0, 0.1) is 11.3 Å². The molecule has 0 radical (unpaired) electrons. The molecule has 1 aliphatic carbocycles. The SMILES string of the molecule is CC(C)(C)C1CCc2nc3sc(S(N)(=O)=O)cc3cc2C1. The lowest BCUT2D eigenvalue weighted by Crippen LogP contribution is -2.27. The Kier molecular flexibility index (Phi) is 3.39. The summed E-state index contributed by atoms with van der Waals surface area (Å²) in [5.41, 5.74) is 2.66. The van der Waals surface area contributed by atoms with Gasteiger partial charge in [0.2, 0.25) is 10.0 Å². The highest BCUT2D eigenvalue weighted by molar-refractivity contribution is 7.91. The molecule has 6 heteroatoms. The van der Waals surface area contributed by atoms with E-state index in [0.717, 1.165) is 46.5 Å². The Morgan fingerprint density at radius 1 is 1.33 bits per heavy atom. The van der Waals surface area contributed by atoms with Crippen molar-refractivity contribution in [2.75, 3.05) is 0 Å². The molecule has 1 atom stereocenters. The van der Waals surface area contributed by atoms with E-state index in [0.29, 0.717) is 5.92 Å². The molecule has 3 rings (SSSR count). The lowest BCUT2D eigenvalue weighted by molar-refractivity contribution is 0.215. The highest BCUT2D eigenvalue weighted by atomic mass is 32.2. The van der Waals surface area contributed by atoms with E-state index in [1.54, 1.807) is 6.07 Å². The Bertz CT molecular complexity index is 801. The topological polar surface area (TPSA) is 73.0 Å². The smallest absolute Gasteiger partial charge is 0.242 e. The van der Waals surface area contributed by atoms with Crippen LogP contribution in [-0.2, 0) is 22.9 Å². The first kappa shape index (κ1) is 14.9. The average Bonchev–Trinajstić information content (AvgIpc) is 2.76. The summed E-state index contributed by atoms with van der Waals surface area (Å²) in [6.07, 6.45) is 3.13. The molecule has 0 saturated heterocycles. The van der Waals surface area contributed by atoms with Crippen LogP contribution in [0.3, 0.4) is 0 Å². The molecule has 114 valence electrons. The van der Waals surface area contributed by atoms with Crippen molar-refractivity contribution in [1.82, 2.24) is 4.98 Å². The molecule has 0 amide bonds. The number of sulfonamides is 1. The Labute approximate surface area is 129 Å². The van der Waals surface area contributed by atoms with Crippen molar-refractivity contribution in [3.63, 3.8) is 0 Å². The molecule has 2 N–H and O–H groups in total. The first-order chi connectivity index (χ1) is 9.64. The Hall–Kier alpha value is -0.980. The van der Waals surface area contributed by atoms with Gasteiger partial charge in [0, 0.05) is 11.1 Å². The molecule has 0 bridgehead atoms. The van der Waals surface area contributed by atoms with Gasteiger partial charge in [-0.1, -0.05) is 20.8 Å². The highest BCUT2D eigenvalue weighted by Crippen LogP contribution is 2.38. The molecule has 1 unspecified atom stereocenters. The first-order valence-corrected chi connectivity index (χ1v) is 9.46. The second kappa shape index (κ2) is 4.76. The summed E-state index contributed by atoms with van der Waals surface area (Å²) in [6, 6.07) is 3.74. The molecule has 0 aromatic carbocycles. The maximum Gasteiger partial charge on any atom is 0.247 e. The van der Waals surface area contributed by atoms with Crippen molar-refractivity contribution < 1.29 is 8.42 Å². The summed E-state index contributed by atoms with van der Waals surface area (Å²) in [5.74, 6) is 0.639. The first-order valence-electron chi connectivity index (χ1n) is 7.10. The summed E-state index contributed by atoms with van der Waals surface area (Å²) in [6.45, 7) is 6.83. The van der Waals surface area contributed by atoms with Gasteiger partial charge in [-0.2, -0.15) is 0 Å². The van der Waals surface area contributed by atoms with Gasteiger partial charge in [0.05, 0.1) is 0 Å². The number of nitrogens with two attached hydrogens (primary N) is 1. The lowest BCUT2D eigenvalue weighted by atomic mass is 9.71. The number of fused-ring (bicyclic) bond motifs is 2. The minimum Gasteiger partial charge on any atom is -0.242 e. The standard InChI is InChI=1S/C15H20N2O2S2/c1-15(2,3)11-4-5-12-9(7-11)6-10-8-13(21(16,18)19)20-14(10)17-12/h6,8,11H,4-5,7H2,1-3H3,(H2,16,18,19). The molecular weight excluding hydrogens is 304 g/mol. The fraction of sp³-hybridized carbons (Fsp3) is 0.533. The van der Waals surface area contributed by atoms with Crippen LogP contribution in [0.15, 0.2) is 16.3 Å². The van der Waals surface area contributed by atoms with Crippen LogP contribution in [0.1, 0.15) is 38.4 Å². The van der Waals surface area contributed by atoms with Crippen molar-refractivity contribution in [3.05, 3.63) is 23.4 Å². The number of aromatic nitrogens is 1. The van der Waals surface area contributed by atoms with E-state index >= 15 is 0 Å². The molecule has 4 nitrogen and oxygen atoms in total. The zero-order valence-electron chi connectivity index (χ0n) is 12.5. The Morgan fingerprint density at radius 3 is 2.67 bits per heavy atom. The fourth-order valence-electron chi connectivity index (χ4n) is 2.98. The maximum atomic E-state index is 11.5. The monoisotopic (exact) mass is 324 g/mol. The third kappa shape index (κ3) is 2.84. The molecule has 2 heterocycles. The molecular formula is C15H20N2O2S2. The number of hydrogen-bond donors (Lipinski definition) is 1. The van der Waals surface area contributed by atoms with Gasteiger partial charge in [0.1, 0.15) is 9.04 Å². The van der Waals surface area contributed by atoms with Crippen molar-refractivity contribution >= 4 is 31.6 Å². The number of thiophene rings is 1. The number of primary sulfonamides is 1. The maximum absolute atomic E-state index is 11.5. The zero-order valence-corrected chi connectivity index (χ0v) is 14.1. The summed E-state index contributed by atoms with van der Waals surface area (Å²) in [5, 5.41) is 6.09. The summed E-state index contributed by atoms with van der Waals surface area (Å²) < 4.78 is 23.1. The van der Waals surface area contributed by atoms with Gasteiger partial charge >= 0.3 is 0 Å². The van der Waals surface area contributed by atoms with Gasteiger partial charge in [-0.15, -0.1) is 11.3 Å². The van der Waals surface area contributed by atoms with Crippen LogP contribution in [0.5, 0.6) is 0 Å². The molecule has 0 aliphatic heterocycles. The van der Waals surface area contributed by atoms with Crippen LogP contribution >= 0.6 is 11.3 Å². The summed E-state index contributed by atoms with van der Waals surface area (Å²) in [7, 11) is -3.64. The number of pyridine rings is 1. The van der Waals surface area contributed by atoms with Gasteiger partial charge < -0.3 is 0 Å². The van der Waals surface area contributed by atoms with Crippen molar-refractivity contribution in [3.8, 4) is 0 Å². The van der Waals surface area contributed by atoms with E-state index in [4.69, 9.17) is 5.14 Å². The van der Waals surface area contributed by atoms with E-state index in [2.05, 4.69) is 31.8 Å². The van der Waals surface area contributed by atoms with E-state index in [1.165, 1.54) is 5.56 Å². The lowest BCUT2D eigenvalue weighted by Gasteiger charge is -2.34. The van der Waals surface area contributed by atoms with E-state index in [9.17, 15) is 8.42 Å². The van der Waals surface area contributed by atoms with Gasteiger partial charge in [-0.25, -0.2) is 18.5 Å². The summed E-state index contributed by atoms with van der Waals surface area (Å²) in [4.78, 5) is 5.44. The predicted octanol–water partition coefficient (Wildman–Crippen LogP) is 3.09. The normalized spacial score (nSPS) is 19.7. The highest BCUT2D eigenvalue weighted by Gasteiger charge is 2.29. The van der Waals surface area contributed by atoms with E-state index in [1.807, 2.05) is 0 Å². The number of nitrogens with zero attached hydrogens (tertiary/aromatic N) is 1. The Morgan fingerprint density at radius 2 is 2.05 bits per heavy atom. The van der Waals surface area contributed by atoms with Gasteiger partial charge in [0.25, 0.3) is 0 Å².